The summed E-state index contributed by atoms with van der Waals surface area (Å²) < 4.78 is 1.05. The molecule has 4 heteroatoms. The van der Waals surface area contributed by atoms with Gasteiger partial charge in [-0.15, -0.1) is 0 Å². The van der Waals surface area contributed by atoms with Crippen molar-refractivity contribution in [2.75, 3.05) is 0 Å². The summed E-state index contributed by atoms with van der Waals surface area (Å²) in [6, 6.07) is 3.96. The summed E-state index contributed by atoms with van der Waals surface area (Å²) >= 11 is 9.29. The quantitative estimate of drug-likeness (QED) is 0.758. The first-order chi connectivity index (χ1) is 5.68. The number of halogens is 2. The fraction of sp³-hybridized carbons (Fsp3) is 0.125. The Bertz CT molecular complexity index is 436. The fourth-order valence-corrected chi connectivity index (χ4v) is 1.63. The van der Waals surface area contributed by atoms with Crippen molar-refractivity contribution < 1.29 is 0 Å². The van der Waals surface area contributed by atoms with Crippen LogP contribution in [0.3, 0.4) is 0 Å². The molecule has 2 rings (SSSR count). The van der Waals surface area contributed by atoms with Gasteiger partial charge in [0.2, 0.25) is 0 Å². The molecule has 2 aromatic rings. The lowest BCUT2D eigenvalue weighted by atomic mass is 10.2. The molecule has 0 unspecified atom stereocenters. The molecule has 1 heterocycles. The standard InChI is InChI=1S/C8H6BrClN2/c1-4-2-5-7(3-6(4)9)11-12-8(5)10/h2-3H,1H3,(H,11,12). The molecule has 0 aliphatic rings. The van der Waals surface area contributed by atoms with Crippen molar-refractivity contribution >= 4 is 38.4 Å². The van der Waals surface area contributed by atoms with Crippen LogP contribution in [0.25, 0.3) is 10.9 Å². The van der Waals surface area contributed by atoms with E-state index in [1.54, 1.807) is 0 Å². The van der Waals surface area contributed by atoms with Gasteiger partial charge in [0, 0.05) is 9.86 Å². The molecule has 0 aliphatic heterocycles. The Hall–Kier alpha value is -0.540. The third-order valence-corrected chi connectivity index (χ3v) is 2.93. The Kier molecular flexibility index (Phi) is 1.85. The lowest BCUT2D eigenvalue weighted by Gasteiger charge is -1.96. The highest BCUT2D eigenvalue weighted by Gasteiger charge is 2.04. The summed E-state index contributed by atoms with van der Waals surface area (Å²) in [5, 5.41) is 8.33. The van der Waals surface area contributed by atoms with Crippen LogP contribution in [-0.2, 0) is 0 Å². The van der Waals surface area contributed by atoms with E-state index in [0.29, 0.717) is 5.15 Å². The highest BCUT2D eigenvalue weighted by atomic mass is 79.9. The van der Waals surface area contributed by atoms with Gasteiger partial charge in [-0.1, -0.05) is 27.5 Å². The van der Waals surface area contributed by atoms with Gasteiger partial charge in [-0.3, -0.25) is 5.10 Å². The first-order valence-corrected chi connectivity index (χ1v) is 4.65. The summed E-state index contributed by atoms with van der Waals surface area (Å²) in [7, 11) is 0. The number of hydrogen-bond donors (Lipinski definition) is 1. The number of aromatic nitrogens is 2. The maximum atomic E-state index is 5.86. The van der Waals surface area contributed by atoms with Crippen LogP contribution in [-0.4, -0.2) is 10.2 Å². The summed E-state index contributed by atoms with van der Waals surface area (Å²) in [5.41, 5.74) is 2.04. The minimum atomic E-state index is 0.598. The lowest BCUT2D eigenvalue weighted by Crippen LogP contribution is -1.75. The van der Waals surface area contributed by atoms with Crippen molar-refractivity contribution in [2.45, 2.75) is 6.92 Å². The summed E-state index contributed by atoms with van der Waals surface area (Å²) in [6.07, 6.45) is 0. The molecule has 0 fully saturated rings. The van der Waals surface area contributed by atoms with Gasteiger partial charge in [0.25, 0.3) is 0 Å². The van der Waals surface area contributed by atoms with Crippen LogP contribution in [0.15, 0.2) is 16.6 Å². The van der Waals surface area contributed by atoms with Crippen molar-refractivity contribution in [3.8, 4) is 0 Å². The Labute approximate surface area is 83.0 Å². The van der Waals surface area contributed by atoms with Crippen molar-refractivity contribution in [1.82, 2.24) is 10.2 Å². The first kappa shape index (κ1) is 8.08. The van der Waals surface area contributed by atoms with E-state index in [2.05, 4.69) is 26.1 Å². The molecule has 12 heavy (non-hydrogen) atoms. The van der Waals surface area contributed by atoms with Crippen LogP contribution in [0.2, 0.25) is 5.15 Å². The first-order valence-electron chi connectivity index (χ1n) is 3.48. The Balaban J connectivity index is 2.87. The van der Waals surface area contributed by atoms with Gasteiger partial charge in [-0.05, 0) is 24.6 Å². The van der Waals surface area contributed by atoms with Gasteiger partial charge in [0.05, 0.1) is 5.52 Å². The second-order valence-corrected chi connectivity index (χ2v) is 3.89. The SMILES string of the molecule is Cc1cc2c(Cl)[nH]nc2cc1Br. The van der Waals surface area contributed by atoms with Crippen molar-refractivity contribution in [1.29, 1.82) is 0 Å². The Morgan fingerprint density at radius 2 is 2.25 bits per heavy atom. The van der Waals surface area contributed by atoms with Gasteiger partial charge >= 0.3 is 0 Å². The number of aryl methyl sites for hydroxylation is 1. The smallest absolute Gasteiger partial charge is 0.132 e. The predicted octanol–water partition coefficient (Wildman–Crippen LogP) is 3.29. The minimum absolute atomic E-state index is 0.598. The number of hydrogen-bond acceptors (Lipinski definition) is 1. The molecule has 1 N–H and O–H groups in total. The third kappa shape index (κ3) is 1.13. The van der Waals surface area contributed by atoms with Gasteiger partial charge in [-0.25, -0.2) is 0 Å². The normalized spacial score (nSPS) is 10.9. The van der Waals surface area contributed by atoms with E-state index < -0.39 is 0 Å². The van der Waals surface area contributed by atoms with Crippen molar-refractivity contribution in [3.05, 3.63) is 27.3 Å². The zero-order valence-electron chi connectivity index (χ0n) is 6.36. The fourth-order valence-electron chi connectivity index (χ4n) is 1.11. The van der Waals surface area contributed by atoms with Crippen LogP contribution in [0.4, 0.5) is 0 Å². The molecule has 62 valence electrons. The number of aromatic amines is 1. The van der Waals surface area contributed by atoms with Crippen LogP contribution in [0, 0.1) is 6.92 Å². The van der Waals surface area contributed by atoms with E-state index in [1.165, 1.54) is 0 Å². The third-order valence-electron chi connectivity index (χ3n) is 1.79. The zero-order chi connectivity index (χ0) is 8.72. The number of fused-ring (bicyclic) bond motifs is 1. The zero-order valence-corrected chi connectivity index (χ0v) is 8.70. The maximum Gasteiger partial charge on any atom is 0.132 e. The largest absolute Gasteiger partial charge is 0.266 e. The average Bonchev–Trinajstić information content (AvgIpc) is 2.35. The Morgan fingerprint density at radius 3 is 3.00 bits per heavy atom. The molecule has 0 amide bonds. The average molecular weight is 246 g/mol. The minimum Gasteiger partial charge on any atom is -0.266 e. The molecule has 0 saturated heterocycles. The van der Waals surface area contributed by atoms with Crippen LogP contribution >= 0.6 is 27.5 Å². The van der Waals surface area contributed by atoms with Gasteiger partial charge in [-0.2, -0.15) is 5.10 Å². The summed E-state index contributed by atoms with van der Waals surface area (Å²) in [4.78, 5) is 0. The molecule has 0 atom stereocenters. The predicted molar refractivity (Wildman–Crippen MR) is 53.5 cm³/mol. The van der Waals surface area contributed by atoms with E-state index in [1.807, 2.05) is 19.1 Å². The number of nitrogens with one attached hydrogen (secondary N) is 1. The lowest BCUT2D eigenvalue weighted by molar-refractivity contribution is 1.12. The van der Waals surface area contributed by atoms with Gasteiger partial charge < -0.3 is 0 Å². The van der Waals surface area contributed by atoms with Crippen LogP contribution in [0.5, 0.6) is 0 Å². The summed E-state index contributed by atoms with van der Waals surface area (Å²) in [5.74, 6) is 0. The highest BCUT2D eigenvalue weighted by Crippen LogP contribution is 2.26. The Morgan fingerprint density at radius 1 is 1.50 bits per heavy atom. The molecule has 0 aliphatic carbocycles. The molecule has 2 nitrogen and oxygen atoms in total. The molecule has 0 spiro atoms. The van der Waals surface area contributed by atoms with E-state index in [0.717, 1.165) is 20.9 Å². The van der Waals surface area contributed by atoms with E-state index in [4.69, 9.17) is 11.6 Å². The second-order valence-electron chi connectivity index (χ2n) is 2.66. The number of H-pyrrole nitrogens is 1. The molecular weight excluding hydrogens is 239 g/mol. The topological polar surface area (TPSA) is 28.7 Å². The van der Waals surface area contributed by atoms with Gasteiger partial charge in [0.15, 0.2) is 0 Å². The van der Waals surface area contributed by atoms with Gasteiger partial charge in [0.1, 0.15) is 5.15 Å². The van der Waals surface area contributed by atoms with Crippen molar-refractivity contribution in [3.63, 3.8) is 0 Å². The molecule has 0 radical (unpaired) electrons. The highest BCUT2D eigenvalue weighted by molar-refractivity contribution is 9.10. The maximum absolute atomic E-state index is 5.86. The van der Waals surface area contributed by atoms with Crippen molar-refractivity contribution in [2.24, 2.45) is 0 Å². The molecule has 1 aromatic carbocycles. The molecule has 1 aromatic heterocycles. The van der Waals surface area contributed by atoms with E-state index >= 15 is 0 Å². The second kappa shape index (κ2) is 2.75. The van der Waals surface area contributed by atoms with Crippen LogP contribution < -0.4 is 0 Å². The number of rotatable bonds is 0. The van der Waals surface area contributed by atoms with E-state index in [9.17, 15) is 0 Å². The molecule has 0 saturated carbocycles. The van der Waals surface area contributed by atoms with E-state index in [-0.39, 0.29) is 0 Å². The summed E-state index contributed by atoms with van der Waals surface area (Å²) in [6.45, 7) is 2.02. The van der Waals surface area contributed by atoms with Crippen LogP contribution in [0.1, 0.15) is 5.56 Å². The number of nitrogens with zero attached hydrogens (tertiary/aromatic N) is 1. The monoisotopic (exact) mass is 244 g/mol. The number of benzene rings is 1. The molecule has 0 bridgehead atoms. The molecular formula is C8H6BrClN2.